The highest BCUT2D eigenvalue weighted by atomic mass is 32.2. The number of likely N-dealkylation sites (tertiary alicyclic amines) is 1. The Bertz CT molecular complexity index is 900. The maximum atomic E-state index is 13.3. The predicted molar refractivity (Wildman–Crippen MR) is 106 cm³/mol. The van der Waals surface area contributed by atoms with E-state index in [1.165, 1.54) is 30.2 Å². The van der Waals surface area contributed by atoms with Crippen molar-refractivity contribution in [2.75, 3.05) is 18.4 Å². The molecule has 0 aromatic carbocycles. The molecule has 2 aromatic heterocycles. The van der Waals surface area contributed by atoms with E-state index in [1.54, 1.807) is 18.7 Å². The van der Waals surface area contributed by atoms with Crippen LogP contribution < -0.4 is 5.32 Å². The van der Waals surface area contributed by atoms with Crippen molar-refractivity contribution in [1.29, 1.82) is 0 Å². The predicted octanol–water partition coefficient (Wildman–Crippen LogP) is 3.72. The van der Waals surface area contributed by atoms with Gasteiger partial charge in [0.05, 0.1) is 6.20 Å². The molecule has 0 saturated carbocycles. The molecule has 2 aromatic rings. The van der Waals surface area contributed by atoms with Gasteiger partial charge in [-0.05, 0) is 43.9 Å². The lowest BCUT2D eigenvalue weighted by Crippen LogP contribution is -2.48. The molecule has 11 heteroatoms. The van der Waals surface area contributed by atoms with E-state index in [0.717, 1.165) is 6.07 Å². The highest BCUT2D eigenvalue weighted by molar-refractivity contribution is 7.92. The van der Waals surface area contributed by atoms with Gasteiger partial charge in [-0.15, -0.1) is 0 Å². The molecule has 3 rings (SSSR count). The van der Waals surface area contributed by atoms with Crippen molar-refractivity contribution in [3.8, 4) is 0 Å². The van der Waals surface area contributed by atoms with Gasteiger partial charge in [-0.2, -0.15) is 9.49 Å². The van der Waals surface area contributed by atoms with Gasteiger partial charge in [-0.3, -0.25) is 4.68 Å². The molecule has 1 aliphatic rings. The summed E-state index contributed by atoms with van der Waals surface area (Å²) in [5.74, 6) is -0.721. The largest absolute Gasteiger partial charge is 0.611 e. The Labute approximate surface area is 175 Å². The number of rotatable bonds is 5. The van der Waals surface area contributed by atoms with E-state index in [2.05, 4.69) is 15.4 Å². The third-order valence-electron chi connectivity index (χ3n) is 5.45. The molecule has 1 fully saturated rings. The van der Waals surface area contributed by atoms with Gasteiger partial charge in [0.2, 0.25) is 5.95 Å². The van der Waals surface area contributed by atoms with Crippen LogP contribution in [0, 0.1) is 11.9 Å². The number of aryl methyl sites for hydroxylation is 1. The van der Waals surface area contributed by atoms with E-state index in [0.29, 0.717) is 31.6 Å². The number of nitrogens with one attached hydrogen (secondary N) is 1. The molecule has 0 spiro atoms. The summed E-state index contributed by atoms with van der Waals surface area (Å²) >= 11 is -1.69. The zero-order chi connectivity index (χ0) is 22.1. The van der Waals surface area contributed by atoms with E-state index in [4.69, 9.17) is 0 Å². The molecule has 30 heavy (non-hydrogen) atoms. The maximum Gasteiger partial charge on any atom is 0.321 e. The van der Waals surface area contributed by atoms with Gasteiger partial charge in [0.15, 0.2) is 10.6 Å². The van der Waals surface area contributed by atoms with Crippen molar-refractivity contribution in [1.82, 2.24) is 19.7 Å². The van der Waals surface area contributed by atoms with Crippen LogP contribution in [0.1, 0.15) is 38.8 Å². The van der Waals surface area contributed by atoms with E-state index in [9.17, 15) is 22.5 Å². The Morgan fingerprint density at radius 3 is 2.63 bits per heavy atom. The number of amides is 2. The Morgan fingerprint density at radius 1 is 1.37 bits per heavy atom. The monoisotopic (exact) mass is 443 g/mol. The van der Waals surface area contributed by atoms with Crippen LogP contribution in [0.4, 0.5) is 23.7 Å². The SMILES string of the molecule is Cn1cc([S+]([O-])C(C)(C)C2CCN(C(=O)Nc3ccnc(F)c3)CC2)c(C(F)F)n1. The number of piperidine rings is 1. The summed E-state index contributed by atoms with van der Waals surface area (Å²) in [6.45, 7) is 4.43. The second kappa shape index (κ2) is 8.84. The summed E-state index contributed by atoms with van der Waals surface area (Å²) in [5.41, 5.74) is -0.141. The molecule has 0 bridgehead atoms. The van der Waals surface area contributed by atoms with Gasteiger partial charge in [-0.1, -0.05) is 0 Å². The van der Waals surface area contributed by atoms with E-state index in [-0.39, 0.29) is 16.8 Å². The van der Waals surface area contributed by atoms with Crippen molar-refractivity contribution >= 4 is 22.9 Å². The molecule has 0 aliphatic carbocycles. The summed E-state index contributed by atoms with van der Waals surface area (Å²) < 4.78 is 53.4. The fourth-order valence-corrected chi connectivity index (χ4v) is 5.35. The number of hydrogen-bond acceptors (Lipinski definition) is 4. The summed E-state index contributed by atoms with van der Waals surface area (Å²) in [5, 5.41) is 6.38. The Hall–Kier alpha value is -2.27. The van der Waals surface area contributed by atoms with Crippen molar-refractivity contribution < 1.29 is 22.5 Å². The molecule has 0 radical (unpaired) electrons. The number of carbonyl (C=O) groups is 1. The van der Waals surface area contributed by atoms with E-state index >= 15 is 0 Å². The van der Waals surface area contributed by atoms with Gasteiger partial charge in [-0.25, -0.2) is 18.6 Å². The molecule has 164 valence electrons. The second-order valence-electron chi connectivity index (χ2n) is 7.78. The van der Waals surface area contributed by atoms with Crippen LogP contribution >= 0.6 is 0 Å². The zero-order valence-electron chi connectivity index (χ0n) is 16.9. The van der Waals surface area contributed by atoms with Crippen LogP contribution in [0.3, 0.4) is 0 Å². The van der Waals surface area contributed by atoms with Crippen LogP contribution in [0.2, 0.25) is 0 Å². The standard InChI is InChI=1S/C19H24F3N5O2S/c1-19(2,30(29)14-11-26(3)25-16(14)17(21)22)12-5-8-27(9-6-12)18(28)24-13-4-7-23-15(20)10-13/h4,7,10-12,17H,5-6,8-9H2,1-3H3,(H,23,24,28). The molecular weight excluding hydrogens is 419 g/mol. The lowest BCUT2D eigenvalue weighted by Gasteiger charge is -2.40. The third kappa shape index (κ3) is 4.72. The van der Waals surface area contributed by atoms with Gasteiger partial charge >= 0.3 is 6.03 Å². The van der Waals surface area contributed by atoms with Crippen LogP contribution in [0.15, 0.2) is 29.4 Å². The minimum atomic E-state index is -2.80. The zero-order valence-corrected chi connectivity index (χ0v) is 17.8. The highest BCUT2D eigenvalue weighted by Gasteiger charge is 2.45. The first-order chi connectivity index (χ1) is 14.1. The van der Waals surface area contributed by atoms with Gasteiger partial charge in [0.25, 0.3) is 6.43 Å². The average Bonchev–Trinajstić information content (AvgIpc) is 3.09. The first-order valence-corrected chi connectivity index (χ1v) is 10.7. The Morgan fingerprint density at radius 2 is 2.03 bits per heavy atom. The molecule has 1 N–H and O–H groups in total. The average molecular weight is 443 g/mol. The lowest BCUT2D eigenvalue weighted by molar-refractivity contribution is 0.141. The second-order valence-corrected chi connectivity index (χ2v) is 9.81. The first-order valence-electron chi connectivity index (χ1n) is 9.50. The quantitative estimate of drug-likeness (QED) is 0.564. The minimum absolute atomic E-state index is 0.0357. The topological polar surface area (TPSA) is 86.1 Å². The van der Waals surface area contributed by atoms with Crippen LogP contribution in [-0.4, -0.2) is 48.1 Å². The first kappa shape index (κ1) is 22.4. The summed E-state index contributed by atoms with van der Waals surface area (Å²) in [6, 6.07) is 2.27. The number of urea groups is 1. The Kier molecular flexibility index (Phi) is 6.61. The van der Waals surface area contributed by atoms with Crippen LogP contribution in [0.5, 0.6) is 0 Å². The molecule has 7 nitrogen and oxygen atoms in total. The van der Waals surface area contributed by atoms with E-state index in [1.807, 2.05) is 0 Å². The molecule has 1 saturated heterocycles. The summed E-state index contributed by atoms with van der Waals surface area (Å²) in [4.78, 5) is 17.5. The Balaban J connectivity index is 1.64. The number of anilines is 1. The number of alkyl halides is 2. The third-order valence-corrected chi connectivity index (χ3v) is 7.45. The normalized spacial score (nSPS) is 16.7. The number of nitrogens with zero attached hydrogens (tertiary/aromatic N) is 4. The van der Waals surface area contributed by atoms with Gasteiger partial charge in [0, 0.05) is 44.0 Å². The van der Waals surface area contributed by atoms with Gasteiger partial charge < -0.3 is 14.8 Å². The van der Waals surface area contributed by atoms with Crippen LogP contribution in [0.25, 0.3) is 0 Å². The fraction of sp³-hybridized carbons (Fsp3) is 0.526. The minimum Gasteiger partial charge on any atom is -0.611 e. The molecule has 1 unspecified atom stereocenters. The number of pyridine rings is 1. The number of halogens is 3. The molecule has 3 heterocycles. The molecule has 2 amide bonds. The number of carbonyl (C=O) groups excluding carboxylic acids is 1. The summed E-state index contributed by atoms with van der Waals surface area (Å²) in [6.07, 6.45) is 0.989. The fourth-order valence-electron chi connectivity index (χ4n) is 3.67. The maximum absolute atomic E-state index is 13.3. The van der Waals surface area contributed by atoms with Gasteiger partial charge in [0.1, 0.15) is 4.75 Å². The highest BCUT2D eigenvalue weighted by Crippen LogP contribution is 2.40. The summed E-state index contributed by atoms with van der Waals surface area (Å²) in [7, 11) is 1.52. The molecule has 1 atom stereocenters. The number of aromatic nitrogens is 3. The van der Waals surface area contributed by atoms with Crippen LogP contribution in [-0.2, 0) is 18.2 Å². The van der Waals surface area contributed by atoms with Crippen molar-refractivity contribution in [2.45, 2.75) is 42.8 Å². The van der Waals surface area contributed by atoms with Crippen molar-refractivity contribution in [3.05, 3.63) is 36.2 Å². The van der Waals surface area contributed by atoms with Crippen molar-refractivity contribution in [3.63, 3.8) is 0 Å². The van der Waals surface area contributed by atoms with Crippen molar-refractivity contribution in [2.24, 2.45) is 13.0 Å². The molecular formula is C19H24F3N5O2S. The molecule has 1 aliphatic heterocycles. The smallest absolute Gasteiger partial charge is 0.321 e. The van der Waals surface area contributed by atoms with E-state index < -0.39 is 34.0 Å². The lowest BCUT2D eigenvalue weighted by atomic mass is 9.86. The number of hydrogen-bond donors (Lipinski definition) is 1.